The van der Waals surface area contributed by atoms with Gasteiger partial charge in [-0.3, -0.25) is 23.7 Å². The minimum atomic E-state index is -0.308. The van der Waals surface area contributed by atoms with Crippen molar-refractivity contribution in [3.8, 4) is 0 Å². The van der Waals surface area contributed by atoms with E-state index in [1.807, 2.05) is 0 Å². The molecule has 4 rings (SSSR count). The number of hydrogen-bond donors (Lipinski definition) is 1. The molecular weight excluding hydrogens is 402 g/mol. The molecule has 0 radical (unpaired) electrons. The van der Waals surface area contributed by atoms with E-state index in [1.165, 1.54) is 28.4 Å². The van der Waals surface area contributed by atoms with Crippen LogP contribution in [0.4, 0.5) is 0 Å². The Balaban J connectivity index is 1.50. The largest absolute Gasteiger partial charge is 0.356 e. The summed E-state index contributed by atoms with van der Waals surface area (Å²) in [4.78, 5) is 47.3. The zero-order valence-corrected chi connectivity index (χ0v) is 18.0. The number of aromatic nitrogens is 2. The van der Waals surface area contributed by atoms with E-state index < -0.39 is 0 Å². The van der Waals surface area contributed by atoms with E-state index in [4.69, 9.17) is 0 Å². The van der Waals surface area contributed by atoms with E-state index in [-0.39, 0.29) is 22.9 Å². The molecule has 0 bridgehead atoms. The van der Waals surface area contributed by atoms with Crippen molar-refractivity contribution in [2.45, 2.75) is 51.0 Å². The predicted octanol–water partition coefficient (Wildman–Crippen LogP) is 1.74. The minimum absolute atomic E-state index is 0.124. The molecule has 8 nitrogen and oxygen atoms in total. The summed E-state index contributed by atoms with van der Waals surface area (Å²) in [6.07, 6.45) is 9.44. The van der Waals surface area contributed by atoms with Crippen molar-refractivity contribution in [3.05, 3.63) is 33.7 Å². The van der Waals surface area contributed by atoms with Crippen LogP contribution in [0, 0.1) is 0 Å². The van der Waals surface area contributed by atoms with Crippen LogP contribution in [0.5, 0.6) is 0 Å². The Bertz CT molecular complexity index is 956. The summed E-state index contributed by atoms with van der Waals surface area (Å²) in [6, 6.07) is 0.290. The molecule has 2 aliphatic heterocycles. The second-order valence-corrected chi connectivity index (χ2v) is 9.00. The molecule has 0 spiro atoms. The molecule has 2 aliphatic rings. The van der Waals surface area contributed by atoms with Gasteiger partial charge in [-0.15, -0.1) is 11.3 Å². The molecule has 9 heteroatoms. The van der Waals surface area contributed by atoms with E-state index in [0.717, 1.165) is 45.2 Å². The summed E-state index contributed by atoms with van der Waals surface area (Å²) >= 11 is 1.37. The van der Waals surface area contributed by atoms with E-state index in [0.29, 0.717) is 37.1 Å². The highest BCUT2D eigenvalue weighted by atomic mass is 32.1. The number of thiazole rings is 1. The Hall–Kier alpha value is -2.26. The van der Waals surface area contributed by atoms with Crippen molar-refractivity contribution < 1.29 is 9.59 Å². The van der Waals surface area contributed by atoms with Gasteiger partial charge < -0.3 is 10.2 Å². The molecule has 162 valence electrons. The summed E-state index contributed by atoms with van der Waals surface area (Å²) in [5, 5.41) is 4.82. The smallest absolute Gasteiger partial charge is 0.271 e. The van der Waals surface area contributed by atoms with Gasteiger partial charge in [0.15, 0.2) is 4.96 Å². The van der Waals surface area contributed by atoms with Gasteiger partial charge in [0, 0.05) is 56.4 Å². The first kappa shape index (κ1) is 21.0. The average molecular weight is 432 g/mol. The number of amides is 2. The molecule has 0 aromatic carbocycles. The molecular formula is C21H29N5O3S. The third-order valence-electron chi connectivity index (χ3n) is 6.08. The monoisotopic (exact) mass is 431 g/mol. The normalized spacial score (nSPS) is 22.5. The van der Waals surface area contributed by atoms with Crippen molar-refractivity contribution in [1.82, 2.24) is 24.5 Å². The number of carbonyl (C=O) groups excluding carboxylic acids is 2. The second-order valence-electron chi connectivity index (χ2n) is 8.13. The molecule has 4 heterocycles. The van der Waals surface area contributed by atoms with Gasteiger partial charge >= 0.3 is 0 Å². The number of carbonyl (C=O) groups is 2. The summed E-state index contributed by atoms with van der Waals surface area (Å²) in [5.41, 5.74) is -0.183. The number of hydrogen-bond acceptors (Lipinski definition) is 6. The first-order valence-corrected chi connectivity index (χ1v) is 11.8. The highest BCUT2D eigenvalue weighted by Gasteiger charge is 2.26. The molecule has 0 saturated carbocycles. The fourth-order valence-electron chi connectivity index (χ4n) is 4.45. The standard InChI is InChI=1S/C21H29N5O3S/c27-18-14-16-6-1-3-8-24(16)10-5-11-25(9-4-2-7-22-18)19(28)17-15-23-21-26(20(17)29)12-13-30-21/h12-13,15-16H,1-11,14H2,(H,22,27). The molecule has 2 aromatic heterocycles. The third-order valence-corrected chi connectivity index (χ3v) is 6.85. The van der Waals surface area contributed by atoms with Gasteiger partial charge in [-0.05, 0) is 38.6 Å². The summed E-state index contributed by atoms with van der Waals surface area (Å²) < 4.78 is 1.44. The molecule has 2 fully saturated rings. The van der Waals surface area contributed by atoms with Gasteiger partial charge in [-0.25, -0.2) is 4.98 Å². The van der Waals surface area contributed by atoms with Gasteiger partial charge in [-0.2, -0.15) is 0 Å². The summed E-state index contributed by atoms with van der Waals surface area (Å²) in [6.45, 7) is 3.67. The molecule has 30 heavy (non-hydrogen) atoms. The molecule has 0 aliphatic carbocycles. The average Bonchev–Trinajstić information content (AvgIpc) is 3.23. The fraction of sp³-hybridized carbons (Fsp3) is 0.619. The van der Waals surface area contributed by atoms with Crippen LogP contribution in [-0.4, -0.2) is 69.8 Å². The molecule has 1 unspecified atom stereocenters. The zero-order chi connectivity index (χ0) is 20.9. The van der Waals surface area contributed by atoms with Gasteiger partial charge in [-0.1, -0.05) is 6.42 Å². The SMILES string of the molecule is O=C1CC2CCCCN2CCCN(C(=O)c2cnc3sccn3c2=O)CCCCN1. The van der Waals surface area contributed by atoms with Crippen LogP contribution < -0.4 is 10.9 Å². The van der Waals surface area contributed by atoms with Crippen LogP contribution in [0.1, 0.15) is 55.3 Å². The van der Waals surface area contributed by atoms with Gasteiger partial charge in [0.2, 0.25) is 5.91 Å². The van der Waals surface area contributed by atoms with Crippen molar-refractivity contribution >= 4 is 28.1 Å². The molecule has 1 N–H and O–H groups in total. The lowest BCUT2D eigenvalue weighted by Crippen LogP contribution is -2.44. The lowest BCUT2D eigenvalue weighted by molar-refractivity contribution is -0.122. The maximum atomic E-state index is 13.2. The van der Waals surface area contributed by atoms with Crippen LogP contribution in [0.25, 0.3) is 4.96 Å². The van der Waals surface area contributed by atoms with E-state index in [2.05, 4.69) is 15.2 Å². The lowest BCUT2D eigenvalue weighted by atomic mass is 9.98. The number of fused-ring (bicyclic) bond motifs is 2. The summed E-state index contributed by atoms with van der Waals surface area (Å²) in [7, 11) is 0. The van der Waals surface area contributed by atoms with E-state index in [1.54, 1.807) is 16.5 Å². The van der Waals surface area contributed by atoms with Gasteiger partial charge in [0.25, 0.3) is 11.5 Å². The van der Waals surface area contributed by atoms with Crippen LogP contribution in [0.3, 0.4) is 0 Å². The highest BCUT2D eigenvalue weighted by Crippen LogP contribution is 2.20. The Morgan fingerprint density at radius 2 is 1.87 bits per heavy atom. The summed E-state index contributed by atoms with van der Waals surface area (Å²) in [5.74, 6) is -0.121. The van der Waals surface area contributed by atoms with Gasteiger partial charge in [0.05, 0.1) is 0 Å². The number of nitrogens with one attached hydrogen (secondary N) is 1. The van der Waals surface area contributed by atoms with E-state index >= 15 is 0 Å². The fourth-order valence-corrected chi connectivity index (χ4v) is 5.12. The van der Waals surface area contributed by atoms with Gasteiger partial charge in [0.1, 0.15) is 5.56 Å². The molecule has 1 atom stereocenters. The Morgan fingerprint density at radius 3 is 2.77 bits per heavy atom. The first-order chi connectivity index (χ1) is 14.6. The maximum Gasteiger partial charge on any atom is 0.271 e. The van der Waals surface area contributed by atoms with Crippen LogP contribution >= 0.6 is 11.3 Å². The van der Waals surface area contributed by atoms with Crippen LogP contribution in [0.15, 0.2) is 22.6 Å². The quantitative estimate of drug-likeness (QED) is 0.743. The van der Waals surface area contributed by atoms with Crippen molar-refractivity contribution in [3.63, 3.8) is 0 Å². The molecule has 2 aromatic rings. The van der Waals surface area contributed by atoms with E-state index in [9.17, 15) is 14.4 Å². The predicted molar refractivity (Wildman–Crippen MR) is 116 cm³/mol. The molecule has 2 amide bonds. The molecule has 2 saturated heterocycles. The van der Waals surface area contributed by atoms with Crippen molar-refractivity contribution in [1.29, 1.82) is 0 Å². The zero-order valence-electron chi connectivity index (χ0n) is 17.2. The highest BCUT2D eigenvalue weighted by molar-refractivity contribution is 7.15. The van der Waals surface area contributed by atoms with Crippen LogP contribution in [0.2, 0.25) is 0 Å². The Morgan fingerprint density at radius 1 is 1.07 bits per heavy atom. The third kappa shape index (κ3) is 4.73. The topological polar surface area (TPSA) is 87.0 Å². The Labute approximate surface area is 179 Å². The van der Waals surface area contributed by atoms with Crippen LogP contribution in [-0.2, 0) is 4.79 Å². The first-order valence-electron chi connectivity index (χ1n) is 10.9. The van der Waals surface area contributed by atoms with Crippen molar-refractivity contribution in [2.75, 3.05) is 32.7 Å². The maximum absolute atomic E-state index is 13.2. The minimum Gasteiger partial charge on any atom is -0.356 e. The Kier molecular flexibility index (Phi) is 6.79. The number of rotatable bonds is 1. The lowest BCUT2D eigenvalue weighted by Gasteiger charge is -2.35. The van der Waals surface area contributed by atoms with Crippen molar-refractivity contribution in [2.24, 2.45) is 0 Å². The second kappa shape index (κ2) is 9.70. The number of nitrogens with zero attached hydrogens (tertiary/aromatic N) is 4. The number of piperidine rings is 1.